The van der Waals surface area contributed by atoms with Crippen molar-refractivity contribution in [1.82, 2.24) is 10.2 Å². The van der Waals surface area contributed by atoms with Crippen molar-refractivity contribution < 1.29 is 28.7 Å². The van der Waals surface area contributed by atoms with Crippen LogP contribution in [0.25, 0.3) is 6.08 Å². The SMILES string of the molecule is COc1cc(/C=C(\C#N)C(=O)NCc2ccccc2)ccc1OC(=O)C(C)N1C(=O)c2ccccc2C1=O. The smallest absolute Gasteiger partial charge is 0.334 e. The topological polar surface area (TPSA) is 126 Å². The van der Waals surface area contributed by atoms with Crippen molar-refractivity contribution in [2.75, 3.05) is 7.11 Å². The number of hydrogen-bond acceptors (Lipinski definition) is 7. The number of nitrogens with one attached hydrogen (secondary N) is 1. The number of esters is 1. The molecule has 9 nitrogen and oxygen atoms in total. The van der Waals surface area contributed by atoms with Crippen molar-refractivity contribution in [3.05, 3.63) is 101 Å². The number of benzene rings is 3. The Kier molecular flexibility index (Phi) is 7.63. The molecule has 4 rings (SSSR count). The van der Waals surface area contributed by atoms with E-state index in [4.69, 9.17) is 9.47 Å². The number of fused-ring (bicyclic) bond motifs is 1. The molecule has 1 unspecified atom stereocenters. The molecule has 1 aliphatic heterocycles. The summed E-state index contributed by atoms with van der Waals surface area (Å²) < 4.78 is 10.8. The van der Waals surface area contributed by atoms with Crippen LogP contribution in [0.1, 0.15) is 38.8 Å². The Morgan fingerprint density at radius 1 is 0.974 bits per heavy atom. The molecule has 3 amide bonds. The Hall–Kier alpha value is -5.23. The molecule has 1 heterocycles. The lowest BCUT2D eigenvalue weighted by atomic mass is 10.1. The van der Waals surface area contributed by atoms with Crippen LogP contribution in [0.2, 0.25) is 0 Å². The van der Waals surface area contributed by atoms with Crippen molar-refractivity contribution in [1.29, 1.82) is 5.26 Å². The Morgan fingerprint density at radius 2 is 1.61 bits per heavy atom. The molecule has 0 aliphatic carbocycles. The van der Waals surface area contributed by atoms with E-state index in [1.54, 1.807) is 18.2 Å². The molecule has 0 saturated heterocycles. The zero-order valence-electron chi connectivity index (χ0n) is 20.6. The van der Waals surface area contributed by atoms with Crippen LogP contribution in [0.4, 0.5) is 0 Å². The van der Waals surface area contributed by atoms with E-state index in [9.17, 15) is 24.4 Å². The fraction of sp³-hybridized carbons (Fsp3) is 0.138. The highest BCUT2D eigenvalue weighted by molar-refractivity contribution is 6.22. The van der Waals surface area contributed by atoms with E-state index in [0.717, 1.165) is 10.5 Å². The lowest BCUT2D eigenvalue weighted by Crippen LogP contribution is -2.44. The van der Waals surface area contributed by atoms with Crippen LogP contribution in [-0.2, 0) is 16.1 Å². The minimum atomic E-state index is -1.19. The standard InChI is InChI=1S/C29H23N3O6/c1-18(32-27(34)22-10-6-7-11-23(22)28(32)35)29(36)38-24-13-12-20(15-25(24)37-2)14-21(16-30)26(33)31-17-19-8-4-3-5-9-19/h3-15,18H,17H2,1-2H3,(H,31,33)/b21-14+. The number of ether oxygens (including phenoxy) is 2. The highest BCUT2D eigenvalue weighted by atomic mass is 16.6. The number of carbonyl (C=O) groups excluding carboxylic acids is 4. The molecule has 190 valence electrons. The van der Waals surface area contributed by atoms with Gasteiger partial charge in [0.05, 0.1) is 18.2 Å². The summed E-state index contributed by atoms with van der Waals surface area (Å²) in [7, 11) is 1.37. The molecule has 0 aromatic heterocycles. The van der Waals surface area contributed by atoms with Gasteiger partial charge in [-0.3, -0.25) is 19.3 Å². The first kappa shape index (κ1) is 25.9. The average molecular weight is 510 g/mol. The molecule has 0 radical (unpaired) electrons. The summed E-state index contributed by atoms with van der Waals surface area (Å²) in [6.45, 7) is 1.67. The van der Waals surface area contributed by atoms with Gasteiger partial charge in [-0.05, 0) is 48.4 Å². The number of carbonyl (C=O) groups is 4. The molecule has 3 aromatic carbocycles. The zero-order valence-corrected chi connectivity index (χ0v) is 20.6. The van der Waals surface area contributed by atoms with Gasteiger partial charge in [-0.2, -0.15) is 5.26 Å². The van der Waals surface area contributed by atoms with Crippen LogP contribution in [0, 0.1) is 11.3 Å². The number of amides is 3. The fourth-order valence-electron chi connectivity index (χ4n) is 3.91. The largest absolute Gasteiger partial charge is 0.493 e. The normalized spacial score (nSPS) is 13.4. The van der Waals surface area contributed by atoms with Gasteiger partial charge < -0.3 is 14.8 Å². The van der Waals surface area contributed by atoms with Gasteiger partial charge in [0.1, 0.15) is 17.7 Å². The van der Waals surface area contributed by atoms with Crippen LogP contribution in [-0.4, -0.2) is 41.7 Å². The Labute approximate surface area is 218 Å². The lowest BCUT2D eigenvalue weighted by molar-refractivity contribution is -0.138. The highest BCUT2D eigenvalue weighted by Crippen LogP contribution is 2.31. The van der Waals surface area contributed by atoms with Crippen LogP contribution < -0.4 is 14.8 Å². The molecular weight excluding hydrogens is 486 g/mol. The molecule has 0 spiro atoms. The quantitative estimate of drug-likeness (QED) is 0.162. The minimum absolute atomic E-state index is 0.0464. The van der Waals surface area contributed by atoms with Crippen LogP contribution >= 0.6 is 0 Å². The van der Waals surface area contributed by atoms with E-state index in [-0.39, 0.29) is 34.7 Å². The van der Waals surface area contributed by atoms with Crippen molar-refractivity contribution in [3.63, 3.8) is 0 Å². The Balaban J connectivity index is 1.47. The van der Waals surface area contributed by atoms with Crippen LogP contribution in [0.3, 0.4) is 0 Å². The molecule has 0 fully saturated rings. The Morgan fingerprint density at radius 3 is 2.21 bits per heavy atom. The van der Waals surface area contributed by atoms with Gasteiger partial charge in [0.15, 0.2) is 11.5 Å². The maximum atomic E-state index is 12.9. The van der Waals surface area contributed by atoms with E-state index in [1.807, 2.05) is 36.4 Å². The van der Waals surface area contributed by atoms with Crippen molar-refractivity contribution in [2.24, 2.45) is 0 Å². The van der Waals surface area contributed by atoms with Gasteiger partial charge in [0, 0.05) is 6.54 Å². The van der Waals surface area contributed by atoms with Gasteiger partial charge in [-0.25, -0.2) is 4.79 Å². The molecule has 1 aliphatic rings. The van der Waals surface area contributed by atoms with Crippen LogP contribution in [0.5, 0.6) is 11.5 Å². The summed E-state index contributed by atoms with van der Waals surface area (Å²) in [5.74, 6) is -2.32. The third kappa shape index (κ3) is 5.29. The second-order valence-corrected chi connectivity index (χ2v) is 8.37. The van der Waals surface area contributed by atoms with Crippen molar-refractivity contribution >= 4 is 29.8 Å². The first-order valence-electron chi connectivity index (χ1n) is 11.6. The Bertz CT molecular complexity index is 1450. The van der Waals surface area contributed by atoms with E-state index < -0.39 is 29.7 Å². The summed E-state index contributed by atoms with van der Waals surface area (Å²) in [6.07, 6.45) is 1.38. The predicted octanol–water partition coefficient (Wildman–Crippen LogP) is 3.51. The van der Waals surface area contributed by atoms with Gasteiger partial charge in [0.25, 0.3) is 17.7 Å². The number of nitrogens with zero attached hydrogens (tertiary/aromatic N) is 2. The summed E-state index contributed by atoms with van der Waals surface area (Å²) in [5.41, 5.74) is 1.69. The first-order valence-corrected chi connectivity index (χ1v) is 11.6. The highest BCUT2D eigenvalue weighted by Gasteiger charge is 2.41. The second-order valence-electron chi connectivity index (χ2n) is 8.37. The lowest BCUT2D eigenvalue weighted by Gasteiger charge is -2.21. The van der Waals surface area contributed by atoms with Gasteiger partial charge in [-0.15, -0.1) is 0 Å². The first-order chi connectivity index (χ1) is 18.3. The number of nitriles is 1. The van der Waals surface area contributed by atoms with E-state index in [2.05, 4.69) is 5.32 Å². The summed E-state index contributed by atoms with van der Waals surface area (Å²) in [4.78, 5) is 51.6. The third-order valence-electron chi connectivity index (χ3n) is 5.92. The van der Waals surface area contributed by atoms with Gasteiger partial charge >= 0.3 is 5.97 Å². The number of rotatable bonds is 8. The average Bonchev–Trinajstić information content (AvgIpc) is 3.20. The molecular formula is C29H23N3O6. The molecule has 1 N–H and O–H groups in total. The number of hydrogen-bond donors (Lipinski definition) is 1. The molecule has 0 bridgehead atoms. The molecule has 3 aromatic rings. The minimum Gasteiger partial charge on any atom is -0.493 e. The molecule has 9 heteroatoms. The molecule has 0 saturated carbocycles. The van der Waals surface area contributed by atoms with E-state index >= 15 is 0 Å². The monoisotopic (exact) mass is 509 g/mol. The zero-order chi connectivity index (χ0) is 27.2. The fourth-order valence-corrected chi connectivity index (χ4v) is 3.91. The maximum Gasteiger partial charge on any atom is 0.334 e. The summed E-state index contributed by atoms with van der Waals surface area (Å²) >= 11 is 0. The second kappa shape index (κ2) is 11.2. The third-order valence-corrected chi connectivity index (χ3v) is 5.92. The van der Waals surface area contributed by atoms with Gasteiger partial charge in [-0.1, -0.05) is 48.5 Å². The summed E-state index contributed by atoms with van der Waals surface area (Å²) in [6, 6.07) is 20.8. The van der Waals surface area contributed by atoms with Crippen LogP contribution in [0.15, 0.2) is 78.4 Å². The maximum absolute atomic E-state index is 12.9. The van der Waals surface area contributed by atoms with E-state index in [1.165, 1.54) is 44.4 Å². The molecule has 38 heavy (non-hydrogen) atoms. The summed E-state index contributed by atoms with van der Waals surface area (Å²) in [5, 5.41) is 12.2. The number of methoxy groups -OCH3 is 1. The van der Waals surface area contributed by atoms with Gasteiger partial charge in [0.2, 0.25) is 0 Å². The van der Waals surface area contributed by atoms with Crippen molar-refractivity contribution in [2.45, 2.75) is 19.5 Å². The van der Waals surface area contributed by atoms with Crippen molar-refractivity contribution in [3.8, 4) is 17.6 Å². The van der Waals surface area contributed by atoms with E-state index in [0.29, 0.717) is 5.56 Å². The number of imide groups is 1. The molecule has 1 atom stereocenters. The predicted molar refractivity (Wildman–Crippen MR) is 137 cm³/mol.